The Bertz CT molecular complexity index is 862. The van der Waals surface area contributed by atoms with Crippen molar-refractivity contribution in [3.63, 3.8) is 0 Å². The van der Waals surface area contributed by atoms with E-state index in [1.165, 1.54) is 62.6 Å². The summed E-state index contributed by atoms with van der Waals surface area (Å²) in [6, 6.07) is 9.82. The van der Waals surface area contributed by atoms with Gasteiger partial charge in [0.2, 0.25) is 0 Å². The fraction of sp³-hybridized carbons (Fsp3) is 0.767. The summed E-state index contributed by atoms with van der Waals surface area (Å²) in [7, 11) is 0. The molecule has 1 aromatic carbocycles. The number of anilines is 1. The van der Waals surface area contributed by atoms with Gasteiger partial charge < -0.3 is 4.90 Å². The Morgan fingerprint density at radius 3 is 2.47 bits per heavy atom. The van der Waals surface area contributed by atoms with E-state index in [1.807, 2.05) is 6.92 Å². The van der Waals surface area contributed by atoms with Crippen molar-refractivity contribution in [1.29, 1.82) is 0 Å². The van der Waals surface area contributed by atoms with Gasteiger partial charge in [0.05, 0.1) is 0 Å². The summed E-state index contributed by atoms with van der Waals surface area (Å²) in [5.74, 6) is 4.22. The van der Waals surface area contributed by atoms with E-state index in [4.69, 9.17) is 0 Å². The molecule has 0 aromatic heterocycles. The van der Waals surface area contributed by atoms with Crippen LogP contribution >= 0.6 is 0 Å². The predicted molar refractivity (Wildman–Crippen MR) is 134 cm³/mol. The fourth-order valence-corrected chi connectivity index (χ4v) is 9.64. The fourth-order valence-electron chi connectivity index (χ4n) is 9.64. The lowest BCUT2D eigenvalue weighted by atomic mass is 9.44. The molecule has 8 atom stereocenters. The minimum Gasteiger partial charge on any atom is -0.369 e. The van der Waals surface area contributed by atoms with Crippen LogP contribution < -0.4 is 4.90 Å². The maximum absolute atomic E-state index is 12.4. The van der Waals surface area contributed by atoms with Crippen molar-refractivity contribution >= 4 is 11.5 Å². The lowest BCUT2D eigenvalue weighted by Gasteiger charge is -2.61. The first-order chi connectivity index (χ1) is 15.3. The van der Waals surface area contributed by atoms with Gasteiger partial charge in [0.1, 0.15) is 5.78 Å². The molecule has 32 heavy (non-hydrogen) atoms. The third-order valence-corrected chi connectivity index (χ3v) is 11.2. The highest BCUT2D eigenvalue weighted by molar-refractivity contribution is 5.79. The number of carbonyl (C=O) groups excluding carboxylic acids is 1. The number of hydrogen-bond donors (Lipinski definition) is 0. The zero-order valence-corrected chi connectivity index (χ0v) is 21.2. The molecule has 4 aliphatic carbocycles. The van der Waals surface area contributed by atoms with E-state index in [-0.39, 0.29) is 5.41 Å². The molecule has 4 unspecified atom stereocenters. The molecule has 0 bridgehead atoms. The first-order valence-corrected chi connectivity index (χ1v) is 13.6. The first kappa shape index (κ1) is 22.5. The minimum absolute atomic E-state index is 0.289. The van der Waals surface area contributed by atoms with Crippen LogP contribution in [0.5, 0.6) is 0 Å². The maximum Gasteiger partial charge on any atom is 0.133 e. The van der Waals surface area contributed by atoms with Crippen molar-refractivity contribution < 1.29 is 4.79 Å². The van der Waals surface area contributed by atoms with Gasteiger partial charge in [0, 0.05) is 24.2 Å². The Balaban J connectivity index is 1.34. The Labute approximate surface area is 196 Å². The van der Waals surface area contributed by atoms with Crippen LogP contribution in [0, 0.1) is 47.3 Å². The standard InChI is InChI=1S/C30H45NO/c1-6-31(23-9-7-8-20(2)18-23)24-14-16-29(4)22(19-24)10-11-25-27-13-12-26(21(3)32)30(27,5)17-15-28(25)29/h7-9,18,22,24-28H,6,10-17,19H2,1-5H3/t22?,24-,25?,26+,27?,28?,29-,30+/m0/s1. The van der Waals surface area contributed by atoms with E-state index in [0.717, 1.165) is 36.6 Å². The van der Waals surface area contributed by atoms with Crippen LogP contribution in [0.4, 0.5) is 5.69 Å². The Morgan fingerprint density at radius 2 is 1.75 bits per heavy atom. The molecule has 4 fully saturated rings. The maximum atomic E-state index is 12.4. The molecule has 1 aromatic rings. The number of hydrogen-bond acceptors (Lipinski definition) is 2. The lowest BCUT2D eigenvalue weighted by molar-refractivity contribution is -0.134. The number of aryl methyl sites for hydroxylation is 1. The summed E-state index contributed by atoms with van der Waals surface area (Å²) in [6.45, 7) is 12.7. The summed E-state index contributed by atoms with van der Waals surface area (Å²) < 4.78 is 0. The summed E-state index contributed by atoms with van der Waals surface area (Å²) >= 11 is 0. The Kier molecular flexibility index (Phi) is 5.74. The zero-order valence-electron chi connectivity index (χ0n) is 21.2. The van der Waals surface area contributed by atoms with E-state index in [2.05, 4.69) is 56.9 Å². The molecule has 0 amide bonds. The molecule has 4 aliphatic rings. The summed E-state index contributed by atoms with van der Waals surface area (Å²) in [5, 5.41) is 0. The number of Topliss-reactive ketones (excluding diaryl/α,β-unsaturated/α-hetero) is 1. The Hall–Kier alpha value is -1.31. The lowest BCUT2D eigenvalue weighted by Crippen LogP contribution is -2.55. The van der Waals surface area contributed by atoms with E-state index in [1.54, 1.807) is 0 Å². The van der Waals surface area contributed by atoms with Gasteiger partial charge in [0.15, 0.2) is 0 Å². The molecule has 0 radical (unpaired) electrons. The molecule has 0 heterocycles. The van der Waals surface area contributed by atoms with Crippen LogP contribution in [0.25, 0.3) is 0 Å². The SMILES string of the molecule is CCN(c1cccc(C)c1)[C@H]1CC[C@@]2(C)C(CCC3C2CC[C@@]2(C)C3CC[C@@H]2C(C)=O)C1. The average Bonchev–Trinajstić information content (AvgIpc) is 3.12. The summed E-state index contributed by atoms with van der Waals surface area (Å²) in [6.07, 6.45) is 12.1. The van der Waals surface area contributed by atoms with Crippen LogP contribution in [-0.2, 0) is 4.79 Å². The Morgan fingerprint density at radius 1 is 1.00 bits per heavy atom. The van der Waals surface area contributed by atoms with Gasteiger partial charge >= 0.3 is 0 Å². The monoisotopic (exact) mass is 435 g/mol. The number of rotatable bonds is 4. The van der Waals surface area contributed by atoms with Crippen molar-refractivity contribution in [2.45, 2.75) is 98.4 Å². The highest BCUT2D eigenvalue weighted by Gasteiger charge is 2.60. The van der Waals surface area contributed by atoms with Crippen LogP contribution in [-0.4, -0.2) is 18.4 Å². The molecule has 5 rings (SSSR count). The van der Waals surface area contributed by atoms with Gasteiger partial charge in [-0.05, 0) is 131 Å². The molecular formula is C30H45NO. The third-order valence-electron chi connectivity index (χ3n) is 11.2. The van der Waals surface area contributed by atoms with Crippen molar-refractivity contribution in [1.82, 2.24) is 0 Å². The second-order valence-electron chi connectivity index (χ2n) is 12.5. The first-order valence-electron chi connectivity index (χ1n) is 13.6. The predicted octanol–water partition coefficient (Wildman–Crippen LogP) is 7.44. The summed E-state index contributed by atoms with van der Waals surface area (Å²) in [5.41, 5.74) is 3.59. The number of nitrogens with zero attached hydrogens (tertiary/aromatic N) is 1. The second kappa shape index (κ2) is 8.17. The highest BCUT2D eigenvalue weighted by atomic mass is 16.1. The number of fused-ring (bicyclic) bond motifs is 5. The van der Waals surface area contributed by atoms with Crippen molar-refractivity contribution in [3.8, 4) is 0 Å². The smallest absolute Gasteiger partial charge is 0.133 e. The van der Waals surface area contributed by atoms with Crippen molar-refractivity contribution in [2.24, 2.45) is 40.4 Å². The molecule has 0 aliphatic heterocycles. The van der Waals surface area contributed by atoms with Gasteiger partial charge in [-0.2, -0.15) is 0 Å². The molecule has 4 saturated carbocycles. The normalized spacial score (nSPS) is 43.2. The van der Waals surface area contributed by atoms with Gasteiger partial charge in [-0.3, -0.25) is 4.79 Å². The molecule has 0 spiro atoms. The molecule has 2 nitrogen and oxygen atoms in total. The minimum atomic E-state index is 0.289. The number of benzene rings is 1. The zero-order chi connectivity index (χ0) is 22.7. The summed E-state index contributed by atoms with van der Waals surface area (Å²) in [4.78, 5) is 15.1. The molecule has 2 heteroatoms. The van der Waals surface area contributed by atoms with E-state index >= 15 is 0 Å². The highest BCUT2D eigenvalue weighted by Crippen LogP contribution is 2.67. The van der Waals surface area contributed by atoms with E-state index in [0.29, 0.717) is 23.2 Å². The largest absolute Gasteiger partial charge is 0.369 e. The van der Waals surface area contributed by atoms with E-state index in [9.17, 15) is 4.79 Å². The molecular weight excluding hydrogens is 390 g/mol. The van der Waals surface area contributed by atoms with Crippen molar-refractivity contribution in [3.05, 3.63) is 29.8 Å². The molecule has 176 valence electrons. The quantitative estimate of drug-likeness (QED) is 0.490. The van der Waals surface area contributed by atoms with Crippen LogP contribution in [0.15, 0.2) is 24.3 Å². The average molecular weight is 436 g/mol. The number of ketones is 1. The topological polar surface area (TPSA) is 20.3 Å². The molecule has 0 N–H and O–H groups in total. The van der Waals surface area contributed by atoms with Gasteiger partial charge in [-0.25, -0.2) is 0 Å². The number of carbonyl (C=O) groups is 1. The third kappa shape index (κ3) is 3.38. The molecule has 0 saturated heterocycles. The second-order valence-corrected chi connectivity index (χ2v) is 12.5. The van der Waals surface area contributed by atoms with Crippen LogP contribution in [0.3, 0.4) is 0 Å². The van der Waals surface area contributed by atoms with Gasteiger partial charge in [0.25, 0.3) is 0 Å². The van der Waals surface area contributed by atoms with Gasteiger partial charge in [-0.1, -0.05) is 26.0 Å². The van der Waals surface area contributed by atoms with Crippen LogP contribution in [0.1, 0.15) is 91.0 Å². The van der Waals surface area contributed by atoms with Crippen LogP contribution in [0.2, 0.25) is 0 Å². The van der Waals surface area contributed by atoms with Crippen molar-refractivity contribution in [2.75, 3.05) is 11.4 Å². The van der Waals surface area contributed by atoms with E-state index < -0.39 is 0 Å². The van der Waals surface area contributed by atoms with Gasteiger partial charge in [-0.15, -0.1) is 0 Å².